The number of sulfone groups is 1. The molecule has 1 aromatic carbocycles. The van der Waals surface area contributed by atoms with Crippen LogP contribution in [0.4, 0.5) is 11.7 Å². The molecule has 0 aliphatic carbocycles. The Morgan fingerprint density at radius 1 is 1.30 bits per heavy atom. The maximum Gasteiger partial charge on any atom is 0.320 e. The highest BCUT2D eigenvalue weighted by Gasteiger charge is 2.10. The zero-order chi connectivity index (χ0) is 14.8. The Kier molecular flexibility index (Phi) is 4.08. The Labute approximate surface area is 118 Å². The predicted octanol–water partition coefficient (Wildman–Crippen LogP) is 2.42. The van der Waals surface area contributed by atoms with Gasteiger partial charge in [-0.05, 0) is 24.1 Å². The molecule has 0 unspecified atom stereocenters. The van der Waals surface area contributed by atoms with E-state index in [0.717, 1.165) is 0 Å². The van der Waals surface area contributed by atoms with Gasteiger partial charge in [0.2, 0.25) is 5.89 Å². The van der Waals surface area contributed by atoms with Crippen molar-refractivity contribution >= 4 is 21.5 Å². The van der Waals surface area contributed by atoms with Crippen LogP contribution in [0.15, 0.2) is 33.6 Å². The van der Waals surface area contributed by atoms with Crippen LogP contribution in [0.5, 0.6) is 0 Å². The monoisotopic (exact) mass is 295 g/mol. The molecule has 0 saturated carbocycles. The van der Waals surface area contributed by atoms with E-state index in [1.165, 1.54) is 12.3 Å². The SMILES string of the molecule is CC(C)Cc1nnc(Nc2cccc(S(C)(=O)=O)c2)o1. The summed E-state index contributed by atoms with van der Waals surface area (Å²) >= 11 is 0. The molecule has 0 radical (unpaired) electrons. The first-order valence-electron chi connectivity index (χ1n) is 6.24. The second kappa shape index (κ2) is 5.62. The van der Waals surface area contributed by atoms with Crippen LogP contribution < -0.4 is 5.32 Å². The number of benzene rings is 1. The van der Waals surface area contributed by atoms with Crippen LogP contribution in [0, 0.1) is 5.92 Å². The maximum absolute atomic E-state index is 11.5. The second-order valence-electron chi connectivity index (χ2n) is 5.02. The van der Waals surface area contributed by atoms with Crippen LogP contribution in [0.25, 0.3) is 0 Å². The molecule has 0 atom stereocenters. The minimum absolute atomic E-state index is 0.240. The number of rotatable bonds is 5. The summed E-state index contributed by atoms with van der Waals surface area (Å²) in [6.07, 6.45) is 1.87. The van der Waals surface area contributed by atoms with Crippen molar-refractivity contribution in [3.8, 4) is 0 Å². The van der Waals surface area contributed by atoms with E-state index < -0.39 is 9.84 Å². The van der Waals surface area contributed by atoms with Gasteiger partial charge in [-0.3, -0.25) is 0 Å². The molecule has 2 rings (SSSR count). The predicted molar refractivity (Wildman–Crippen MR) is 75.7 cm³/mol. The number of anilines is 2. The summed E-state index contributed by atoms with van der Waals surface area (Å²) in [5, 5.41) is 10.7. The molecule has 0 amide bonds. The van der Waals surface area contributed by atoms with E-state index in [2.05, 4.69) is 29.4 Å². The molecule has 6 nitrogen and oxygen atoms in total. The summed E-state index contributed by atoms with van der Waals surface area (Å²) in [7, 11) is -3.23. The van der Waals surface area contributed by atoms with Crippen molar-refractivity contribution in [2.45, 2.75) is 25.2 Å². The van der Waals surface area contributed by atoms with Crippen LogP contribution in [0.3, 0.4) is 0 Å². The fraction of sp³-hybridized carbons (Fsp3) is 0.385. The molecule has 1 aromatic heterocycles. The molecule has 0 aliphatic heterocycles. The van der Waals surface area contributed by atoms with Gasteiger partial charge >= 0.3 is 6.01 Å². The zero-order valence-electron chi connectivity index (χ0n) is 11.6. The van der Waals surface area contributed by atoms with E-state index in [0.29, 0.717) is 23.9 Å². The third kappa shape index (κ3) is 3.80. The van der Waals surface area contributed by atoms with Gasteiger partial charge in [-0.2, -0.15) is 0 Å². The standard InChI is InChI=1S/C13H17N3O3S/c1-9(2)7-12-15-16-13(19-12)14-10-5-4-6-11(8-10)20(3,17)18/h4-6,8-9H,7H2,1-3H3,(H,14,16). The van der Waals surface area contributed by atoms with Crippen LogP contribution in [-0.4, -0.2) is 24.9 Å². The summed E-state index contributed by atoms with van der Waals surface area (Å²) in [6, 6.07) is 6.72. The Morgan fingerprint density at radius 3 is 2.70 bits per heavy atom. The lowest BCUT2D eigenvalue weighted by atomic mass is 10.1. The zero-order valence-corrected chi connectivity index (χ0v) is 12.4. The fourth-order valence-electron chi connectivity index (χ4n) is 1.66. The molecule has 0 bridgehead atoms. The minimum atomic E-state index is -3.23. The normalized spacial score (nSPS) is 11.8. The van der Waals surface area contributed by atoms with Crippen LogP contribution in [0.2, 0.25) is 0 Å². The molecule has 20 heavy (non-hydrogen) atoms. The van der Waals surface area contributed by atoms with Gasteiger partial charge in [0.25, 0.3) is 0 Å². The summed E-state index contributed by atoms with van der Waals surface area (Å²) in [4.78, 5) is 0.240. The first kappa shape index (κ1) is 14.5. The van der Waals surface area contributed by atoms with E-state index >= 15 is 0 Å². The van der Waals surface area contributed by atoms with E-state index in [9.17, 15) is 8.42 Å². The van der Waals surface area contributed by atoms with Gasteiger partial charge in [-0.25, -0.2) is 8.42 Å². The Hall–Kier alpha value is -1.89. The van der Waals surface area contributed by atoms with Gasteiger partial charge in [0.05, 0.1) is 4.90 Å². The number of hydrogen-bond acceptors (Lipinski definition) is 6. The fourth-order valence-corrected chi connectivity index (χ4v) is 2.33. The van der Waals surface area contributed by atoms with Crippen LogP contribution in [0.1, 0.15) is 19.7 Å². The van der Waals surface area contributed by atoms with Gasteiger partial charge in [0.15, 0.2) is 9.84 Å². The Bertz CT molecular complexity index is 692. The summed E-state index contributed by atoms with van der Waals surface area (Å²) in [5.74, 6) is 0.985. The van der Waals surface area contributed by atoms with Gasteiger partial charge in [-0.1, -0.05) is 25.0 Å². The largest absolute Gasteiger partial charge is 0.408 e. The smallest absolute Gasteiger partial charge is 0.320 e. The maximum atomic E-state index is 11.5. The van der Waals surface area contributed by atoms with Crippen molar-refractivity contribution in [1.29, 1.82) is 0 Å². The average molecular weight is 295 g/mol. The first-order valence-corrected chi connectivity index (χ1v) is 8.13. The van der Waals surface area contributed by atoms with E-state index in [4.69, 9.17) is 4.42 Å². The molecular formula is C13H17N3O3S. The molecule has 0 aliphatic rings. The van der Waals surface area contributed by atoms with Gasteiger partial charge in [0.1, 0.15) is 0 Å². The number of aromatic nitrogens is 2. The lowest BCUT2D eigenvalue weighted by Gasteiger charge is -2.03. The molecule has 0 spiro atoms. The van der Waals surface area contributed by atoms with E-state index in [-0.39, 0.29) is 10.9 Å². The third-order valence-corrected chi connectivity index (χ3v) is 3.67. The lowest BCUT2D eigenvalue weighted by Crippen LogP contribution is -1.98. The van der Waals surface area contributed by atoms with Crippen LogP contribution >= 0.6 is 0 Å². The van der Waals surface area contributed by atoms with Crippen molar-refractivity contribution in [2.24, 2.45) is 5.92 Å². The number of hydrogen-bond donors (Lipinski definition) is 1. The molecule has 108 valence electrons. The second-order valence-corrected chi connectivity index (χ2v) is 7.04. The molecular weight excluding hydrogens is 278 g/mol. The number of nitrogens with one attached hydrogen (secondary N) is 1. The summed E-state index contributed by atoms with van der Waals surface area (Å²) in [6.45, 7) is 4.12. The number of nitrogens with zero attached hydrogens (tertiary/aromatic N) is 2. The van der Waals surface area contributed by atoms with Crippen molar-refractivity contribution in [3.63, 3.8) is 0 Å². The highest BCUT2D eigenvalue weighted by molar-refractivity contribution is 7.90. The molecule has 2 aromatic rings. The van der Waals surface area contributed by atoms with Gasteiger partial charge in [-0.15, -0.1) is 5.10 Å². The molecule has 1 N–H and O–H groups in total. The molecule has 0 fully saturated rings. The highest BCUT2D eigenvalue weighted by Crippen LogP contribution is 2.19. The van der Waals surface area contributed by atoms with E-state index in [1.807, 2.05) is 0 Å². The summed E-state index contributed by atoms with van der Waals surface area (Å²) < 4.78 is 28.4. The quantitative estimate of drug-likeness (QED) is 0.911. The van der Waals surface area contributed by atoms with Crippen molar-refractivity contribution in [1.82, 2.24) is 10.2 Å². The van der Waals surface area contributed by atoms with Crippen molar-refractivity contribution < 1.29 is 12.8 Å². The van der Waals surface area contributed by atoms with Gasteiger partial charge in [0, 0.05) is 18.4 Å². The highest BCUT2D eigenvalue weighted by atomic mass is 32.2. The average Bonchev–Trinajstić information content (AvgIpc) is 2.75. The van der Waals surface area contributed by atoms with E-state index in [1.54, 1.807) is 18.2 Å². The van der Waals surface area contributed by atoms with Crippen LogP contribution in [-0.2, 0) is 16.3 Å². The molecule has 1 heterocycles. The first-order chi connectivity index (χ1) is 9.34. The van der Waals surface area contributed by atoms with Crippen molar-refractivity contribution in [3.05, 3.63) is 30.2 Å². The third-order valence-electron chi connectivity index (χ3n) is 2.56. The van der Waals surface area contributed by atoms with Crippen molar-refractivity contribution in [2.75, 3.05) is 11.6 Å². The molecule has 0 saturated heterocycles. The van der Waals surface area contributed by atoms with Gasteiger partial charge < -0.3 is 9.73 Å². The minimum Gasteiger partial charge on any atom is -0.408 e. The Morgan fingerprint density at radius 2 is 2.05 bits per heavy atom. The molecule has 7 heteroatoms. The lowest BCUT2D eigenvalue weighted by molar-refractivity contribution is 0.468. The Balaban J connectivity index is 2.16. The topological polar surface area (TPSA) is 85.1 Å². The summed E-state index contributed by atoms with van der Waals surface area (Å²) in [5.41, 5.74) is 0.590.